The predicted molar refractivity (Wildman–Crippen MR) is 274 cm³/mol. The van der Waals surface area contributed by atoms with E-state index in [1.165, 1.54) is 83.5 Å². The van der Waals surface area contributed by atoms with Crippen molar-refractivity contribution in [3.63, 3.8) is 0 Å². The van der Waals surface area contributed by atoms with E-state index in [2.05, 4.69) is 118 Å². The molecule has 0 aliphatic heterocycles. The van der Waals surface area contributed by atoms with Gasteiger partial charge in [-0.1, -0.05) is 208 Å². The summed E-state index contributed by atoms with van der Waals surface area (Å²) in [7, 11) is 0. The lowest BCUT2D eigenvalue weighted by atomic mass is 10.1. The lowest BCUT2D eigenvalue weighted by molar-refractivity contribution is -0.167. The van der Waals surface area contributed by atoms with Crippen LogP contribution in [0.3, 0.4) is 0 Å². The number of ether oxygens (including phenoxy) is 3. The minimum atomic E-state index is -0.818. The Morgan fingerprint density at radius 3 is 1.14 bits per heavy atom. The predicted octanol–water partition coefficient (Wildman–Crippen LogP) is 17.4. The Hall–Kier alpha value is -3.67. The van der Waals surface area contributed by atoms with E-state index in [0.29, 0.717) is 19.3 Å². The SMILES string of the molecule is CCCC/C=C\CCCCCCCC(=O)OCC(COC(=O)CCCCCCC\C=C/C=C\C=C/CCCCCCC)OC(=O)CCC/C=C\C/C=C\C/C=C\C/C=C\CCCCC. The Morgan fingerprint density at radius 2 is 0.656 bits per heavy atom. The second kappa shape index (κ2) is 52.0. The van der Waals surface area contributed by atoms with Gasteiger partial charge in [-0.15, -0.1) is 0 Å². The molecule has 0 aromatic heterocycles. The quantitative estimate of drug-likeness (QED) is 0.0199. The first-order valence-electron chi connectivity index (χ1n) is 26.3. The van der Waals surface area contributed by atoms with Gasteiger partial charge in [-0.2, -0.15) is 0 Å². The summed E-state index contributed by atoms with van der Waals surface area (Å²) in [6, 6.07) is 0. The first-order valence-corrected chi connectivity index (χ1v) is 26.3. The fourth-order valence-electron chi connectivity index (χ4n) is 6.83. The van der Waals surface area contributed by atoms with Crippen molar-refractivity contribution in [2.45, 2.75) is 239 Å². The maximum atomic E-state index is 12.8. The van der Waals surface area contributed by atoms with E-state index in [1.807, 2.05) is 0 Å². The van der Waals surface area contributed by atoms with Gasteiger partial charge in [-0.3, -0.25) is 14.4 Å². The molecular formula is C58H96O6. The van der Waals surface area contributed by atoms with Gasteiger partial charge in [0.1, 0.15) is 13.2 Å². The van der Waals surface area contributed by atoms with Crippen LogP contribution in [0.25, 0.3) is 0 Å². The zero-order valence-electron chi connectivity index (χ0n) is 41.5. The van der Waals surface area contributed by atoms with Crippen LogP contribution in [0.1, 0.15) is 233 Å². The summed E-state index contributed by atoms with van der Waals surface area (Å²) in [5.74, 6) is -1.00. The third kappa shape index (κ3) is 49.3. The van der Waals surface area contributed by atoms with Crippen molar-refractivity contribution in [2.24, 2.45) is 0 Å². The van der Waals surface area contributed by atoms with Crippen LogP contribution in [0.5, 0.6) is 0 Å². The minimum Gasteiger partial charge on any atom is -0.462 e. The number of allylic oxidation sites excluding steroid dienone is 16. The van der Waals surface area contributed by atoms with Crippen molar-refractivity contribution < 1.29 is 28.6 Å². The second-order valence-corrected chi connectivity index (χ2v) is 17.1. The Balaban J connectivity index is 4.52. The molecule has 0 N–H and O–H groups in total. The smallest absolute Gasteiger partial charge is 0.306 e. The number of hydrogen-bond acceptors (Lipinski definition) is 6. The van der Waals surface area contributed by atoms with Crippen molar-refractivity contribution in [3.8, 4) is 0 Å². The molecule has 6 heteroatoms. The van der Waals surface area contributed by atoms with Gasteiger partial charge in [-0.05, 0) is 103 Å². The van der Waals surface area contributed by atoms with E-state index in [4.69, 9.17) is 14.2 Å². The van der Waals surface area contributed by atoms with Crippen LogP contribution < -0.4 is 0 Å². The Bertz CT molecular complexity index is 1300. The molecule has 64 heavy (non-hydrogen) atoms. The molecule has 0 aliphatic carbocycles. The van der Waals surface area contributed by atoms with E-state index >= 15 is 0 Å². The van der Waals surface area contributed by atoms with Gasteiger partial charge < -0.3 is 14.2 Å². The molecule has 1 atom stereocenters. The monoisotopic (exact) mass is 889 g/mol. The molecule has 0 rings (SSSR count). The highest BCUT2D eigenvalue weighted by Crippen LogP contribution is 2.12. The molecular weight excluding hydrogens is 793 g/mol. The molecule has 0 aromatic rings. The molecule has 1 unspecified atom stereocenters. The zero-order valence-corrected chi connectivity index (χ0v) is 41.5. The summed E-state index contributed by atoms with van der Waals surface area (Å²) < 4.78 is 16.7. The number of carbonyl (C=O) groups excluding carboxylic acids is 3. The van der Waals surface area contributed by atoms with Gasteiger partial charge in [0.25, 0.3) is 0 Å². The van der Waals surface area contributed by atoms with Crippen molar-refractivity contribution in [1.82, 2.24) is 0 Å². The van der Waals surface area contributed by atoms with Crippen molar-refractivity contribution >= 4 is 17.9 Å². The van der Waals surface area contributed by atoms with Gasteiger partial charge in [0.2, 0.25) is 0 Å². The summed E-state index contributed by atoms with van der Waals surface area (Å²) in [6.07, 6.45) is 68.2. The van der Waals surface area contributed by atoms with E-state index in [9.17, 15) is 14.4 Å². The van der Waals surface area contributed by atoms with Gasteiger partial charge in [0.05, 0.1) is 0 Å². The zero-order chi connectivity index (χ0) is 46.5. The first kappa shape index (κ1) is 60.3. The number of esters is 3. The Kier molecular flexibility index (Phi) is 49.0. The molecule has 0 saturated heterocycles. The second-order valence-electron chi connectivity index (χ2n) is 17.1. The highest BCUT2D eigenvalue weighted by atomic mass is 16.6. The number of carbonyl (C=O) groups is 3. The van der Waals surface area contributed by atoms with Gasteiger partial charge >= 0.3 is 17.9 Å². The third-order valence-electron chi connectivity index (χ3n) is 10.8. The van der Waals surface area contributed by atoms with E-state index in [1.54, 1.807) is 0 Å². The maximum Gasteiger partial charge on any atom is 0.306 e. The fraction of sp³-hybridized carbons (Fsp3) is 0.672. The topological polar surface area (TPSA) is 78.9 Å². The normalized spacial score (nSPS) is 12.9. The molecule has 0 fully saturated rings. The molecule has 0 radical (unpaired) electrons. The lowest BCUT2D eigenvalue weighted by Gasteiger charge is -2.18. The Morgan fingerprint density at radius 1 is 0.328 bits per heavy atom. The molecule has 0 saturated carbocycles. The van der Waals surface area contributed by atoms with Crippen LogP contribution >= 0.6 is 0 Å². The van der Waals surface area contributed by atoms with Gasteiger partial charge in [0.15, 0.2) is 6.10 Å². The summed E-state index contributed by atoms with van der Waals surface area (Å²) in [5, 5.41) is 0. The van der Waals surface area contributed by atoms with Gasteiger partial charge in [0, 0.05) is 19.3 Å². The van der Waals surface area contributed by atoms with Crippen LogP contribution in [0.4, 0.5) is 0 Å². The average Bonchev–Trinajstić information content (AvgIpc) is 3.29. The molecule has 6 nitrogen and oxygen atoms in total. The summed E-state index contributed by atoms with van der Waals surface area (Å²) in [5.41, 5.74) is 0. The lowest BCUT2D eigenvalue weighted by Crippen LogP contribution is -2.30. The largest absolute Gasteiger partial charge is 0.462 e. The molecule has 364 valence electrons. The summed E-state index contributed by atoms with van der Waals surface area (Å²) >= 11 is 0. The van der Waals surface area contributed by atoms with Gasteiger partial charge in [-0.25, -0.2) is 0 Å². The fourth-order valence-corrected chi connectivity index (χ4v) is 6.83. The summed E-state index contributed by atoms with van der Waals surface area (Å²) in [6.45, 7) is 6.47. The third-order valence-corrected chi connectivity index (χ3v) is 10.8. The average molecular weight is 889 g/mol. The van der Waals surface area contributed by atoms with Crippen LogP contribution in [0, 0.1) is 0 Å². The summed E-state index contributed by atoms with van der Waals surface area (Å²) in [4.78, 5) is 37.9. The molecule has 0 heterocycles. The highest BCUT2D eigenvalue weighted by Gasteiger charge is 2.19. The standard InChI is InChI=1S/C58H96O6/c1-4-7-10-13-16-19-22-24-26-28-30-31-33-36-39-42-45-48-51-57(60)63-54-55(53-62-56(59)50-47-44-41-38-35-21-18-15-12-9-6-3)64-58(61)52-49-46-43-40-37-34-32-29-27-25-23-20-17-14-11-8-5-2/h15,17-18,20,22,24-28,30-32,34,40,43,55H,4-14,16,19,21,23,29,33,35-39,41-42,44-54H2,1-3H3/b18-15-,20-17-,24-22-,27-25-,28-26-,31-30-,34-32-,43-40-. The van der Waals surface area contributed by atoms with E-state index in [0.717, 1.165) is 103 Å². The van der Waals surface area contributed by atoms with Crippen molar-refractivity contribution in [3.05, 3.63) is 97.2 Å². The van der Waals surface area contributed by atoms with Crippen LogP contribution in [-0.4, -0.2) is 37.2 Å². The van der Waals surface area contributed by atoms with Crippen molar-refractivity contribution in [1.29, 1.82) is 0 Å². The highest BCUT2D eigenvalue weighted by molar-refractivity contribution is 5.71. The van der Waals surface area contributed by atoms with Crippen LogP contribution in [0.2, 0.25) is 0 Å². The Labute approximate surface area is 394 Å². The van der Waals surface area contributed by atoms with E-state index in [-0.39, 0.29) is 37.5 Å². The minimum absolute atomic E-state index is 0.112. The molecule has 0 spiro atoms. The number of hydrogen-bond donors (Lipinski definition) is 0. The molecule has 0 amide bonds. The first-order chi connectivity index (χ1) is 31.5. The molecule has 0 aromatic carbocycles. The number of unbranched alkanes of at least 4 members (excludes halogenated alkanes) is 21. The van der Waals surface area contributed by atoms with Crippen molar-refractivity contribution in [2.75, 3.05) is 13.2 Å². The van der Waals surface area contributed by atoms with E-state index < -0.39 is 6.10 Å². The number of rotatable bonds is 46. The van der Waals surface area contributed by atoms with Crippen LogP contribution in [0.15, 0.2) is 97.2 Å². The maximum absolute atomic E-state index is 12.8. The molecule has 0 bridgehead atoms. The van der Waals surface area contributed by atoms with Crippen LogP contribution in [-0.2, 0) is 28.6 Å². The molecule has 0 aliphatic rings.